The number of aryl methyl sites for hydroxylation is 2. The van der Waals surface area contributed by atoms with Crippen LogP contribution >= 0.6 is 0 Å². The van der Waals surface area contributed by atoms with Gasteiger partial charge in [0, 0.05) is 24.8 Å². The molecule has 0 spiro atoms. The number of fused-ring (bicyclic) bond motifs is 2. The minimum absolute atomic E-state index is 0.635. The molecule has 0 aliphatic rings. The second-order valence-electron chi connectivity index (χ2n) is 11.2. The van der Waals surface area contributed by atoms with Crippen molar-refractivity contribution in [1.82, 2.24) is 29.1 Å². The third-order valence-electron chi connectivity index (χ3n) is 8.38. The number of para-hydroxylation sites is 4. The van der Waals surface area contributed by atoms with Crippen molar-refractivity contribution in [2.24, 2.45) is 0 Å². The Hall–Kier alpha value is -6.02. The summed E-state index contributed by atoms with van der Waals surface area (Å²) < 4.78 is 9.49. The number of nitrogens with zero attached hydrogens (tertiary/aromatic N) is 8. The molecule has 8 rings (SSSR count). The van der Waals surface area contributed by atoms with E-state index in [1.54, 1.807) is 0 Å². The number of hydrogen-bond donors (Lipinski definition) is 0. The second-order valence-corrected chi connectivity index (χ2v) is 11.2. The van der Waals surface area contributed by atoms with E-state index in [4.69, 9.17) is 9.97 Å². The van der Waals surface area contributed by atoms with E-state index >= 15 is 0 Å². The zero-order valence-corrected chi connectivity index (χ0v) is 25.3. The van der Waals surface area contributed by atoms with Crippen LogP contribution in [0.3, 0.4) is 0 Å². The maximum absolute atomic E-state index is 4.84. The molecule has 0 bridgehead atoms. The first-order valence-corrected chi connectivity index (χ1v) is 15.5. The zero-order chi connectivity index (χ0) is 30.7. The first-order chi connectivity index (χ1) is 22.8. The molecule has 8 aromatic rings. The molecule has 0 aliphatic carbocycles. The molecule has 8 nitrogen and oxygen atoms in total. The lowest BCUT2D eigenvalue weighted by molar-refractivity contribution is -0.653. The average Bonchev–Trinajstić information content (AvgIpc) is 3.60. The van der Waals surface area contributed by atoms with Crippen molar-refractivity contribution in [2.75, 3.05) is 0 Å². The predicted molar refractivity (Wildman–Crippen MR) is 177 cm³/mol. The van der Waals surface area contributed by atoms with Crippen molar-refractivity contribution < 1.29 is 9.13 Å². The van der Waals surface area contributed by atoms with Gasteiger partial charge in [0.05, 0.1) is 11.4 Å². The normalized spacial score (nSPS) is 11.4. The van der Waals surface area contributed by atoms with Gasteiger partial charge in [-0.25, -0.2) is 28.2 Å². The smallest absolute Gasteiger partial charge is 0.257 e. The van der Waals surface area contributed by atoms with E-state index in [1.165, 1.54) is 0 Å². The van der Waals surface area contributed by atoms with Gasteiger partial charge < -0.3 is 0 Å². The molecule has 0 saturated heterocycles. The molecule has 0 unspecified atom stereocenters. The van der Waals surface area contributed by atoms with E-state index in [9.17, 15) is 0 Å². The van der Waals surface area contributed by atoms with Gasteiger partial charge >= 0.3 is 11.6 Å². The van der Waals surface area contributed by atoms with Crippen LogP contribution in [-0.2, 0) is 26.2 Å². The molecule has 46 heavy (non-hydrogen) atoms. The fraction of sp³-hybridized carbons (Fsp3) is 0.105. The minimum atomic E-state index is 0.635. The van der Waals surface area contributed by atoms with Gasteiger partial charge in [0.25, 0.3) is 0 Å². The number of aromatic nitrogens is 8. The standard InChI is InChI=1S/C38H32N8/c1-3-19-35-33(17-1)43(37(31-15-7-11-23-41-31)45(35)27-29-13-5-9-21-39-29)25-26-44-34-18-2-4-20-36(34)46(28-30-14-6-10-22-40-30)38(44)32-16-8-12-24-42-32/h1-24H,25-28H2/q+2. The van der Waals surface area contributed by atoms with Crippen LogP contribution < -0.4 is 9.13 Å². The molecular weight excluding hydrogens is 568 g/mol. The summed E-state index contributed by atoms with van der Waals surface area (Å²) in [5, 5.41) is 0. The fourth-order valence-electron chi connectivity index (χ4n) is 6.41. The Bertz CT molecular complexity index is 2080. The third kappa shape index (κ3) is 5.09. The molecular formula is C38H32N8+2. The van der Waals surface area contributed by atoms with Crippen molar-refractivity contribution in [2.45, 2.75) is 26.2 Å². The van der Waals surface area contributed by atoms with Crippen molar-refractivity contribution in [3.8, 4) is 23.0 Å². The van der Waals surface area contributed by atoms with E-state index in [0.29, 0.717) is 26.2 Å². The average molecular weight is 601 g/mol. The molecule has 0 saturated carbocycles. The molecule has 8 heteroatoms. The quantitative estimate of drug-likeness (QED) is 0.194. The lowest BCUT2D eigenvalue weighted by Crippen LogP contribution is -2.37. The summed E-state index contributed by atoms with van der Waals surface area (Å²) in [6, 6.07) is 41.5. The van der Waals surface area contributed by atoms with Gasteiger partial charge in [-0.05, 0) is 72.8 Å². The van der Waals surface area contributed by atoms with Crippen molar-refractivity contribution >= 4 is 22.1 Å². The zero-order valence-electron chi connectivity index (χ0n) is 25.3. The first-order valence-electron chi connectivity index (χ1n) is 15.5. The second kappa shape index (κ2) is 12.2. The van der Waals surface area contributed by atoms with Crippen LogP contribution in [-0.4, -0.2) is 29.1 Å². The maximum Gasteiger partial charge on any atom is 0.309 e. The molecule has 0 fully saturated rings. The van der Waals surface area contributed by atoms with Gasteiger partial charge in [-0.2, -0.15) is 0 Å². The van der Waals surface area contributed by atoms with Gasteiger partial charge in [-0.3, -0.25) is 9.97 Å². The van der Waals surface area contributed by atoms with E-state index in [1.807, 2.05) is 61.2 Å². The predicted octanol–water partition coefficient (Wildman–Crippen LogP) is 5.88. The van der Waals surface area contributed by atoms with Gasteiger partial charge in [-0.1, -0.05) is 48.5 Å². The molecule has 0 N–H and O–H groups in total. The van der Waals surface area contributed by atoms with Crippen LogP contribution in [0.15, 0.2) is 146 Å². The number of hydrogen-bond acceptors (Lipinski definition) is 4. The van der Waals surface area contributed by atoms with E-state index in [0.717, 1.165) is 56.5 Å². The molecule has 6 heterocycles. The van der Waals surface area contributed by atoms with Gasteiger partial charge in [0.15, 0.2) is 33.5 Å². The summed E-state index contributed by atoms with van der Waals surface area (Å²) in [6.45, 7) is 2.69. The molecule has 0 radical (unpaired) electrons. The number of rotatable bonds is 9. The molecule has 6 aromatic heterocycles. The number of imidazole rings is 2. The number of pyridine rings is 4. The SMILES string of the molecule is c1ccc(C[n+]2c(-c3ccccn3)n(CCn3c(-c4ccccn4)[n+](Cc4ccccn4)c4ccccc43)c3ccccc32)nc1. The highest BCUT2D eigenvalue weighted by molar-refractivity contribution is 5.77. The summed E-state index contributed by atoms with van der Waals surface area (Å²) in [6.07, 6.45) is 7.43. The third-order valence-corrected chi connectivity index (χ3v) is 8.38. The summed E-state index contributed by atoms with van der Waals surface area (Å²) in [4.78, 5) is 19.0. The van der Waals surface area contributed by atoms with Gasteiger partial charge in [0.2, 0.25) is 0 Å². The Morgan fingerprint density at radius 3 is 1.20 bits per heavy atom. The Balaban J connectivity index is 1.30. The van der Waals surface area contributed by atoms with Crippen LogP contribution in [0.25, 0.3) is 45.1 Å². The molecule has 0 amide bonds. The fourth-order valence-corrected chi connectivity index (χ4v) is 6.41. The highest BCUT2D eigenvalue weighted by Gasteiger charge is 2.31. The Morgan fingerprint density at radius 2 is 0.804 bits per heavy atom. The topological polar surface area (TPSA) is 69.2 Å². The van der Waals surface area contributed by atoms with Crippen LogP contribution in [0.1, 0.15) is 11.4 Å². The van der Waals surface area contributed by atoms with Gasteiger partial charge in [0.1, 0.15) is 26.2 Å². The molecule has 0 aliphatic heterocycles. The Kier molecular flexibility index (Phi) is 7.28. The Morgan fingerprint density at radius 1 is 0.413 bits per heavy atom. The van der Waals surface area contributed by atoms with Crippen molar-refractivity contribution in [3.05, 3.63) is 158 Å². The summed E-state index contributed by atoms with van der Waals surface area (Å²) in [5.41, 5.74) is 8.41. The highest BCUT2D eigenvalue weighted by Crippen LogP contribution is 2.26. The molecule has 2 aromatic carbocycles. The van der Waals surface area contributed by atoms with E-state index < -0.39 is 0 Å². The van der Waals surface area contributed by atoms with Crippen LogP contribution in [0.4, 0.5) is 0 Å². The Labute approximate surface area is 266 Å². The summed E-state index contributed by atoms with van der Waals surface area (Å²) in [5.74, 6) is 2.09. The van der Waals surface area contributed by atoms with Crippen molar-refractivity contribution in [3.63, 3.8) is 0 Å². The summed E-state index contributed by atoms with van der Waals surface area (Å²) in [7, 11) is 0. The minimum Gasteiger partial charge on any atom is -0.257 e. The molecule has 222 valence electrons. The summed E-state index contributed by atoms with van der Waals surface area (Å²) >= 11 is 0. The van der Waals surface area contributed by atoms with Gasteiger partial charge in [-0.15, -0.1) is 0 Å². The first kappa shape index (κ1) is 27.5. The van der Waals surface area contributed by atoms with Crippen molar-refractivity contribution in [1.29, 1.82) is 0 Å². The van der Waals surface area contributed by atoms with Crippen LogP contribution in [0.2, 0.25) is 0 Å². The maximum atomic E-state index is 4.84. The lowest BCUT2D eigenvalue weighted by atomic mass is 10.3. The van der Waals surface area contributed by atoms with Crippen LogP contribution in [0.5, 0.6) is 0 Å². The molecule has 0 atom stereocenters. The highest BCUT2D eigenvalue weighted by atomic mass is 15.2. The van der Waals surface area contributed by atoms with Crippen LogP contribution in [0, 0.1) is 0 Å². The van der Waals surface area contributed by atoms with E-state index in [2.05, 4.69) is 113 Å². The monoisotopic (exact) mass is 600 g/mol. The largest absolute Gasteiger partial charge is 0.309 e. The van der Waals surface area contributed by atoms with E-state index in [-0.39, 0.29) is 0 Å². The lowest BCUT2D eigenvalue weighted by Gasteiger charge is -2.07. The number of benzene rings is 2.